The van der Waals surface area contributed by atoms with E-state index >= 15 is 0 Å². The second kappa shape index (κ2) is 3.81. The van der Waals surface area contributed by atoms with Gasteiger partial charge in [-0.05, 0) is 37.3 Å². The van der Waals surface area contributed by atoms with Crippen molar-refractivity contribution in [3.8, 4) is 5.75 Å². The Morgan fingerprint density at radius 3 is 2.88 bits per heavy atom. The van der Waals surface area contributed by atoms with Crippen LogP contribution < -0.4 is 10.1 Å². The molecule has 0 spiro atoms. The van der Waals surface area contributed by atoms with Crippen molar-refractivity contribution in [2.75, 3.05) is 5.32 Å². The first-order chi connectivity index (χ1) is 7.81. The normalized spacial score (nSPS) is 19.6. The molecule has 3 rings (SSSR count). The number of amides is 1. The Labute approximate surface area is 94.8 Å². The van der Waals surface area contributed by atoms with E-state index in [1.54, 1.807) is 0 Å². The number of nitrogens with one attached hydrogen (secondary N) is 1. The third-order valence-corrected chi connectivity index (χ3v) is 3.33. The highest BCUT2D eigenvalue weighted by molar-refractivity contribution is 5.94. The van der Waals surface area contributed by atoms with Crippen LogP contribution in [0.2, 0.25) is 0 Å². The Kier molecular flexibility index (Phi) is 2.31. The zero-order valence-electron chi connectivity index (χ0n) is 9.16. The van der Waals surface area contributed by atoms with Gasteiger partial charge < -0.3 is 10.1 Å². The van der Waals surface area contributed by atoms with E-state index in [2.05, 4.69) is 11.4 Å². The van der Waals surface area contributed by atoms with Crippen molar-refractivity contribution in [2.24, 2.45) is 0 Å². The SMILES string of the molecule is O=C1CCc2ccc(OC3CCC3)cc2N1. The van der Waals surface area contributed by atoms with Crippen LogP contribution in [0.1, 0.15) is 31.2 Å². The molecular formula is C13H15NO2. The molecule has 1 N–H and O–H groups in total. The van der Waals surface area contributed by atoms with E-state index in [1.807, 2.05) is 12.1 Å². The van der Waals surface area contributed by atoms with Crippen molar-refractivity contribution >= 4 is 11.6 Å². The van der Waals surface area contributed by atoms with Crippen LogP contribution in [-0.2, 0) is 11.2 Å². The van der Waals surface area contributed by atoms with Crippen molar-refractivity contribution in [1.29, 1.82) is 0 Å². The molecule has 0 bridgehead atoms. The highest BCUT2D eigenvalue weighted by Crippen LogP contribution is 2.30. The van der Waals surface area contributed by atoms with Crippen LogP contribution in [-0.4, -0.2) is 12.0 Å². The van der Waals surface area contributed by atoms with Gasteiger partial charge in [0.15, 0.2) is 0 Å². The van der Waals surface area contributed by atoms with Crippen LogP contribution in [0.15, 0.2) is 18.2 Å². The van der Waals surface area contributed by atoms with Crippen LogP contribution in [0.25, 0.3) is 0 Å². The molecule has 1 amide bonds. The van der Waals surface area contributed by atoms with Gasteiger partial charge in [0.2, 0.25) is 5.91 Å². The molecular weight excluding hydrogens is 202 g/mol. The number of ether oxygens (including phenoxy) is 1. The molecule has 1 saturated carbocycles. The maximum Gasteiger partial charge on any atom is 0.224 e. The van der Waals surface area contributed by atoms with Gasteiger partial charge in [-0.3, -0.25) is 4.79 Å². The first-order valence-corrected chi connectivity index (χ1v) is 5.91. The molecule has 0 unspecified atom stereocenters. The molecule has 0 saturated heterocycles. The number of hydrogen-bond donors (Lipinski definition) is 1. The van der Waals surface area contributed by atoms with Gasteiger partial charge in [-0.1, -0.05) is 6.07 Å². The molecule has 1 heterocycles. The molecule has 1 fully saturated rings. The summed E-state index contributed by atoms with van der Waals surface area (Å²) in [7, 11) is 0. The van der Waals surface area contributed by atoms with Crippen LogP contribution in [0.3, 0.4) is 0 Å². The van der Waals surface area contributed by atoms with Gasteiger partial charge in [0.1, 0.15) is 5.75 Å². The summed E-state index contributed by atoms with van der Waals surface area (Å²) in [5, 5.41) is 2.89. The third-order valence-electron chi connectivity index (χ3n) is 3.33. The number of rotatable bonds is 2. The van der Waals surface area contributed by atoms with Crippen molar-refractivity contribution in [2.45, 2.75) is 38.2 Å². The first kappa shape index (κ1) is 9.70. The Morgan fingerprint density at radius 2 is 2.12 bits per heavy atom. The molecule has 0 radical (unpaired) electrons. The van der Waals surface area contributed by atoms with Gasteiger partial charge in [0, 0.05) is 18.2 Å². The Hall–Kier alpha value is -1.51. The highest BCUT2D eigenvalue weighted by atomic mass is 16.5. The number of carbonyl (C=O) groups is 1. The molecule has 1 aliphatic heterocycles. The fourth-order valence-electron chi connectivity index (χ4n) is 2.11. The molecule has 3 nitrogen and oxygen atoms in total. The summed E-state index contributed by atoms with van der Waals surface area (Å²) in [5.74, 6) is 0.985. The highest BCUT2D eigenvalue weighted by Gasteiger charge is 2.20. The van der Waals surface area contributed by atoms with Gasteiger partial charge in [0.05, 0.1) is 6.10 Å². The molecule has 1 aromatic rings. The Bertz CT molecular complexity index is 424. The summed E-state index contributed by atoms with van der Waals surface area (Å²) in [6.07, 6.45) is 5.40. The van der Waals surface area contributed by atoms with Gasteiger partial charge in [-0.15, -0.1) is 0 Å². The number of hydrogen-bond acceptors (Lipinski definition) is 2. The van der Waals surface area contributed by atoms with E-state index in [1.165, 1.54) is 12.0 Å². The molecule has 2 aliphatic rings. The standard InChI is InChI=1S/C13H15NO2/c15-13-7-5-9-4-6-11(8-12(9)14-13)16-10-2-1-3-10/h4,6,8,10H,1-3,5,7H2,(H,14,15). The number of fused-ring (bicyclic) bond motifs is 1. The van der Waals surface area contributed by atoms with Crippen molar-refractivity contribution in [3.63, 3.8) is 0 Å². The van der Waals surface area contributed by atoms with Crippen LogP contribution in [0.4, 0.5) is 5.69 Å². The minimum atomic E-state index is 0.105. The van der Waals surface area contributed by atoms with Crippen molar-refractivity contribution in [1.82, 2.24) is 0 Å². The predicted molar refractivity (Wildman–Crippen MR) is 61.7 cm³/mol. The molecule has 16 heavy (non-hydrogen) atoms. The van der Waals surface area contributed by atoms with E-state index in [-0.39, 0.29) is 5.91 Å². The van der Waals surface area contributed by atoms with Crippen LogP contribution in [0, 0.1) is 0 Å². The zero-order valence-corrected chi connectivity index (χ0v) is 9.16. The quantitative estimate of drug-likeness (QED) is 0.826. The number of anilines is 1. The summed E-state index contributed by atoms with van der Waals surface area (Å²) in [6, 6.07) is 6.02. The molecule has 84 valence electrons. The topological polar surface area (TPSA) is 38.3 Å². The maximum absolute atomic E-state index is 11.3. The lowest BCUT2D eigenvalue weighted by atomic mass is 9.96. The van der Waals surface area contributed by atoms with Gasteiger partial charge >= 0.3 is 0 Å². The lowest BCUT2D eigenvalue weighted by Crippen LogP contribution is -2.25. The maximum atomic E-state index is 11.3. The van der Waals surface area contributed by atoms with E-state index in [9.17, 15) is 4.79 Å². The minimum absolute atomic E-state index is 0.105. The lowest BCUT2D eigenvalue weighted by Gasteiger charge is -2.27. The Balaban J connectivity index is 1.80. The van der Waals surface area contributed by atoms with E-state index in [4.69, 9.17) is 4.74 Å². The predicted octanol–water partition coefficient (Wildman–Crippen LogP) is 2.50. The number of benzene rings is 1. The summed E-state index contributed by atoms with van der Waals surface area (Å²) < 4.78 is 5.80. The molecule has 0 aromatic heterocycles. The summed E-state index contributed by atoms with van der Waals surface area (Å²) in [6.45, 7) is 0. The smallest absolute Gasteiger partial charge is 0.224 e. The summed E-state index contributed by atoms with van der Waals surface area (Å²) >= 11 is 0. The average molecular weight is 217 g/mol. The monoisotopic (exact) mass is 217 g/mol. The fraction of sp³-hybridized carbons (Fsp3) is 0.462. The van der Waals surface area contributed by atoms with Crippen molar-refractivity contribution in [3.05, 3.63) is 23.8 Å². The van der Waals surface area contributed by atoms with Gasteiger partial charge in [0.25, 0.3) is 0 Å². The fourth-order valence-corrected chi connectivity index (χ4v) is 2.11. The van der Waals surface area contributed by atoms with E-state index in [0.29, 0.717) is 12.5 Å². The first-order valence-electron chi connectivity index (χ1n) is 5.91. The molecule has 1 aromatic carbocycles. The van der Waals surface area contributed by atoms with Crippen LogP contribution in [0.5, 0.6) is 5.75 Å². The molecule has 1 aliphatic carbocycles. The van der Waals surface area contributed by atoms with Crippen molar-refractivity contribution < 1.29 is 9.53 Å². The van der Waals surface area contributed by atoms with Gasteiger partial charge in [-0.25, -0.2) is 0 Å². The Morgan fingerprint density at radius 1 is 1.25 bits per heavy atom. The second-order valence-electron chi connectivity index (χ2n) is 4.54. The molecule has 3 heteroatoms. The third kappa shape index (κ3) is 1.77. The number of carbonyl (C=O) groups excluding carboxylic acids is 1. The minimum Gasteiger partial charge on any atom is -0.490 e. The largest absolute Gasteiger partial charge is 0.490 e. The zero-order chi connectivity index (χ0) is 11.0. The van der Waals surface area contributed by atoms with Gasteiger partial charge in [-0.2, -0.15) is 0 Å². The second-order valence-corrected chi connectivity index (χ2v) is 4.54. The summed E-state index contributed by atoms with van der Waals surface area (Å²) in [5.41, 5.74) is 2.13. The number of aryl methyl sites for hydroxylation is 1. The van der Waals surface area contributed by atoms with Crippen LogP contribution >= 0.6 is 0 Å². The van der Waals surface area contributed by atoms with E-state index in [0.717, 1.165) is 30.7 Å². The average Bonchev–Trinajstić information content (AvgIpc) is 2.23. The molecule has 0 atom stereocenters. The lowest BCUT2D eigenvalue weighted by molar-refractivity contribution is -0.116. The van der Waals surface area contributed by atoms with E-state index < -0.39 is 0 Å². The summed E-state index contributed by atoms with van der Waals surface area (Å²) in [4.78, 5) is 11.3.